The number of aliphatic hydroxyl groups is 31. The van der Waals surface area contributed by atoms with Crippen LogP contribution in [0.2, 0.25) is 0 Å². The molecule has 49 atom stereocenters. The second-order valence-electron chi connectivity index (χ2n) is 29.3. The van der Waals surface area contributed by atoms with E-state index in [-0.39, 0.29) is 0 Å². The lowest BCUT2D eigenvalue weighted by atomic mass is 9.94. The highest BCUT2D eigenvalue weighted by atomic mass is 16.8. The van der Waals surface area contributed by atoms with Crippen molar-refractivity contribution >= 4 is 11.8 Å². The Bertz CT molecular complexity index is 2990. The van der Waals surface area contributed by atoms with Gasteiger partial charge < -0.3 is 254 Å². The van der Waals surface area contributed by atoms with Crippen LogP contribution >= 0.6 is 0 Å². The molecular weight excluding hydrogens is 1610 g/mol. The Hall–Kier alpha value is -3.02. The molecule has 117 heavy (non-hydrogen) atoms. The number of carbonyl (C=O) groups is 2. The summed E-state index contributed by atoms with van der Waals surface area (Å²) in [5.41, 5.74) is 0. The number of hydrogen-bond donors (Lipinski definition) is 33. The van der Waals surface area contributed by atoms with Crippen LogP contribution in [0.4, 0.5) is 0 Å². The molecule has 0 spiro atoms. The number of nitrogens with one attached hydrogen (secondary N) is 2. The third-order valence-electron chi connectivity index (χ3n) is 21.3. The highest BCUT2D eigenvalue weighted by molar-refractivity contribution is 5.73. The summed E-state index contributed by atoms with van der Waals surface area (Å²) >= 11 is 0. The van der Waals surface area contributed by atoms with Crippen LogP contribution in [0.25, 0.3) is 0 Å². The first-order valence-electron chi connectivity index (χ1n) is 37.1. The monoisotopic (exact) mass is 1720 g/mol. The van der Waals surface area contributed by atoms with Crippen LogP contribution in [0.15, 0.2) is 0 Å². The topological polar surface area (TPSA) is 851 Å². The molecule has 682 valence electrons. The third kappa shape index (κ3) is 21.7. The van der Waals surface area contributed by atoms with Crippen molar-refractivity contribution in [3.05, 3.63) is 0 Å². The molecule has 33 N–H and O–H groups in total. The number of rotatable bonds is 34. The van der Waals surface area contributed by atoms with E-state index in [9.17, 15) is 168 Å². The van der Waals surface area contributed by atoms with Crippen molar-refractivity contribution < 1.29 is 253 Å². The fourth-order valence-corrected chi connectivity index (χ4v) is 14.6. The first kappa shape index (κ1) is 97.8. The van der Waals surface area contributed by atoms with Gasteiger partial charge >= 0.3 is 0 Å². The Balaban J connectivity index is 1.07. The largest absolute Gasteiger partial charge is 0.394 e. The molecule has 9 heterocycles. The van der Waals surface area contributed by atoms with Gasteiger partial charge in [0.05, 0.1) is 78.7 Å². The number of aliphatic hydroxyl groups excluding tert-OH is 31. The summed E-state index contributed by atoms with van der Waals surface area (Å²) in [6, 6.07) is -3.69. The Morgan fingerprint density at radius 1 is 0.291 bits per heavy atom. The van der Waals surface area contributed by atoms with Gasteiger partial charge in [-0.25, -0.2) is 0 Å². The lowest BCUT2D eigenvalue weighted by molar-refractivity contribution is -0.411. The van der Waals surface area contributed by atoms with Gasteiger partial charge in [-0.3, -0.25) is 9.59 Å². The van der Waals surface area contributed by atoms with Crippen molar-refractivity contribution in [3.8, 4) is 0 Å². The molecule has 9 aliphatic heterocycles. The average molecular weight is 1720 g/mol. The molecule has 53 heteroatoms. The van der Waals surface area contributed by atoms with Gasteiger partial charge in [0.1, 0.15) is 238 Å². The molecule has 0 aromatic rings. The summed E-state index contributed by atoms with van der Waals surface area (Å²) in [4.78, 5) is 25.1. The molecule has 0 aromatic carbocycles. The number of amides is 2. The zero-order valence-electron chi connectivity index (χ0n) is 62.1. The molecule has 9 fully saturated rings. The van der Waals surface area contributed by atoms with Crippen LogP contribution in [-0.2, 0) is 94.9 Å². The fourth-order valence-electron chi connectivity index (χ4n) is 14.6. The molecule has 9 rings (SSSR count). The first-order chi connectivity index (χ1) is 55.4. The summed E-state index contributed by atoms with van der Waals surface area (Å²) < 4.78 is 105. The second-order valence-corrected chi connectivity index (χ2v) is 29.3. The number of carbonyl (C=O) groups excluding carboxylic acids is 2. The summed E-state index contributed by atoms with van der Waals surface area (Å²) in [5.74, 6) is -1.84. The lowest BCUT2D eigenvalue weighted by Crippen LogP contribution is -2.70. The molecule has 9 aliphatic rings. The summed E-state index contributed by atoms with van der Waals surface area (Å²) in [5, 5.41) is 346. The molecule has 0 saturated carbocycles. The molecule has 2 amide bonds. The number of ether oxygens (including phenoxy) is 18. The maximum atomic E-state index is 13.0. The average Bonchev–Trinajstić information content (AvgIpc) is 0.766. The van der Waals surface area contributed by atoms with E-state index >= 15 is 0 Å². The Morgan fingerprint density at radius 2 is 0.581 bits per heavy atom. The minimum atomic E-state index is -2.66. The Labute approximate surface area is 661 Å². The zero-order chi connectivity index (χ0) is 86.4. The van der Waals surface area contributed by atoms with Crippen molar-refractivity contribution in [2.24, 2.45) is 0 Å². The van der Waals surface area contributed by atoms with Gasteiger partial charge in [0.2, 0.25) is 11.8 Å². The van der Waals surface area contributed by atoms with Crippen molar-refractivity contribution in [1.82, 2.24) is 10.6 Å². The van der Waals surface area contributed by atoms with Crippen LogP contribution in [0.3, 0.4) is 0 Å². The van der Waals surface area contributed by atoms with Gasteiger partial charge in [0.25, 0.3) is 0 Å². The predicted octanol–water partition coefficient (Wildman–Crippen LogP) is -22.9. The quantitative estimate of drug-likeness (QED) is 0.0284. The van der Waals surface area contributed by atoms with Crippen LogP contribution in [0.5, 0.6) is 0 Å². The molecule has 0 aromatic heterocycles. The van der Waals surface area contributed by atoms with Gasteiger partial charge in [0.15, 0.2) is 56.6 Å². The maximum Gasteiger partial charge on any atom is 0.217 e. The van der Waals surface area contributed by atoms with Crippen LogP contribution in [-0.4, -0.2) is 543 Å². The third-order valence-corrected chi connectivity index (χ3v) is 21.3. The predicted molar refractivity (Wildman–Crippen MR) is 355 cm³/mol. The fraction of sp³-hybridized carbons (Fsp3) is 0.969. The zero-order valence-corrected chi connectivity index (χ0v) is 62.1. The van der Waals surface area contributed by atoms with E-state index in [1.54, 1.807) is 0 Å². The Morgan fingerprint density at radius 3 is 0.966 bits per heavy atom. The van der Waals surface area contributed by atoms with Crippen molar-refractivity contribution in [2.75, 3.05) is 72.7 Å². The standard InChI is InChI=1S/C64H110N2O51/c1-14(76)65-16(3-67)28(79)49(17(78)4-68)111-56-27(66-15(2)77)37(88)50(24(11-75)108-56)112-62-48(99)53(36(87)26(110-62)13-101-58-46(97)52(114-60-45(96)40(91)31(82)20(7-71)104-60)35(86)25(109-58)12-100-57-43(94)38(89)29(80)18(5-69)102-57)115-63-55(42(93)33(84)21(8-72)106-63)117-64-54(41(92)32(83)22(9-73)107-64)116-61-47(98)51(34(85)23(10-74)105-61)113-59-44(95)39(90)30(81)19(6-70)103-59/h16-64,67-75,78-99H,3-13H2,1-2H3,(H,65,76)(H,66,77)/t16-,17+,18+,19+,20+,21+,22+,23+,24+,25+,26+,27+,28+,29+,30+,31+,32+,33+,34+,35+,36+,37+,38-,39-,40-,41-,42-,43-,44+,45-,46-,47-,48-,49+,50+,51-,52-,53-,54-,55-,56-,57-,58-,59+,60+,61+,62-,63+,64+/m0/s1. The molecule has 53 nitrogen and oxygen atoms in total. The molecule has 0 unspecified atom stereocenters. The van der Waals surface area contributed by atoms with E-state index in [2.05, 4.69) is 10.6 Å². The molecule has 0 radical (unpaired) electrons. The summed E-state index contributed by atoms with van der Waals surface area (Å²) in [6.45, 7) is -10.6. The van der Waals surface area contributed by atoms with Crippen molar-refractivity contribution in [1.29, 1.82) is 0 Å². The highest BCUT2D eigenvalue weighted by Gasteiger charge is 2.61. The maximum absolute atomic E-state index is 13.0. The van der Waals surface area contributed by atoms with Gasteiger partial charge in [0, 0.05) is 13.8 Å². The van der Waals surface area contributed by atoms with E-state index in [1.165, 1.54) is 0 Å². The minimum absolute atomic E-state index is 0.830. The second kappa shape index (κ2) is 43.3. The molecular formula is C64H110N2O51. The SMILES string of the molecule is CC(=O)N[C@H]1[C@H](O[C@@H]([C@H](O)[C@H](CO)NC(C)=O)[C@H](O)CO)O[C@H](CO)[C@@H](O[C@@H]2O[C@H](CO[C@H]3O[C@H](CO[C@H]4O[C@H](CO)[C@@H](O)[C@H](O)[C@@H]4O)[C@@H](O)[C@H](O[C@H]4O[C@H](CO)[C@@H](O)[C@H](O)[C@@H]4O)[C@@H]3O)[C@@H](O)[C@H](O[C@H]3O[C@H](CO)[C@@H](O)[C@H](O)[C@@H]3O[C@H]3O[C@H](CO)[C@@H](O)[C@H](O)[C@@H]3O[C@H]3O[C@H](CO)[C@@H](O)[C@H](O[C@H]4O[C@H](CO)[C@@H](O)[C@H](O)[C@H]4O)[C@@H]3O)[C@@H]2O)[C@@H]1O. The number of hydrogen-bond acceptors (Lipinski definition) is 51. The normalized spacial score (nSPS) is 48.6. The van der Waals surface area contributed by atoms with Gasteiger partial charge in [-0.2, -0.15) is 0 Å². The molecule has 0 bridgehead atoms. The van der Waals surface area contributed by atoms with E-state index in [0.717, 1.165) is 13.8 Å². The molecule has 9 saturated heterocycles. The van der Waals surface area contributed by atoms with Crippen molar-refractivity contribution in [2.45, 2.75) is 314 Å². The summed E-state index contributed by atoms with van der Waals surface area (Å²) in [6.07, 6.45) is -103. The van der Waals surface area contributed by atoms with Crippen LogP contribution in [0, 0.1) is 0 Å². The van der Waals surface area contributed by atoms with Gasteiger partial charge in [-0.05, 0) is 0 Å². The summed E-state index contributed by atoms with van der Waals surface area (Å²) in [7, 11) is 0. The van der Waals surface area contributed by atoms with Crippen LogP contribution in [0.1, 0.15) is 13.8 Å². The highest BCUT2D eigenvalue weighted by Crippen LogP contribution is 2.40. The molecule has 0 aliphatic carbocycles. The first-order valence-corrected chi connectivity index (χ1v) is 37.1. The Kier molecular flexibility index (Phi) is 36.1. The van der Waals surface area contributed by atoms with E-state index in [4.69, 9.17) is 85.3 Å². The van der Waals surface area contributed by atoms with Gasteiger partial charge in [-0.1, -0.05) is 0 Å². The smallest absolute Gasteiger partial charge is 0.217 e. The van der Waals surface area contributed by atoms with E-state index in [1.807, 2.05) is 0 Å². The minimum Gasteiger partial charge on any atom is -0.394 e. The van der Waals surface area contributed by atoms with Crippen molar-refractivity contribution in [3.63, 3.8) is 0 Å². The van der Waals surface area contributed by atoms with E-state index < -0.39 is 385 Å². The van der Waals surface area contributed by atoms with Crippen LogP contribution < -0.4 is 10.6 Å². The lowest BCUT2D eigenvalue weighted by Gasteiger charge is -2.51. The van der Waals surface area contributed by atoms with Gasteiger partial charge in [-0.15, -0.1) is 0 Å². The van der Waals surface area contributed by atoms with E-state index in [0.29, 0.717) is 0 Å².